The molecule has 1 aliphatic rings. The molecule has 4 heteroatoms. The molecule has 1 aliphatic carbocycles. The summed E-state index contributed by atoms with van der Waals surface area (Å²) < 4.78 is 0. The molecular formula is C21H34O4. The summed E-state index contributed by atoms with van der Waals surface area (Å²) in [7, 11) is 0. The Morgan fingerprint density at radius 2 is 1.96 bits per heavy atom. The lowest BCUT2D eigenvalue weighted by Crippen LogP contribution is -2.37. The van der Waals surface area contributed by atoms with E-state index in [0.717, 1.165) is 25.7 Å². The van der Waals surface area contributed by atoms with Gasteiger partial charge in [0, 0.05) is 6.42 Å². The summed E-state index contributed by atoms with van der Waals surface area (Å²) in [6.45, 7) is 6.41. The van der Waals surface area contributed by atoms with E-state index in [1.165, 1.54) is 31.3 Å². The van der Waals surface area contributed by atoms with Gasteiger partial charge in [0.1, 0.15) is 0 Å². The summed E-state index contributed by atoms with van der Waals surface area (Å²) in [5, 5.41) is 27.2. The molecule has 1 saturated carbocycles. The van der Waals surface area contributed by atoms with Crippen molar-refractivity contribution in [1.29, 1.82) is 0 Å². The van der Waals surface area contributed by atoms with Gasteiger partial charge in [0.15, 0.2) is 0 Å². The number of carbonyl (C=O) groups is 1. The van der Waals surface area contributed by atoms with E-state index in [1.807, 2.05) is 12.2 Å². The Kier molecular flexibility index (Phi) is 9.76. The van der Waals surface area contributed by atoms with Gasteiger partial charge in [-0.05, 0) is 50.4 Å². The maximum absolute atomic E-state index is 10.6. The number of carboxylic acids is 1. The SMILES string of the molecule is C=C1CC[C@H](C=CCCCCCC)[C@H]1CC=CCCC(O)(O)C(=O)O. The molecule has 0 bridgehead atoms. The van der Waals surface area contributed by atoms with E-state index in [0.29, 0.717) is 18.3 Å². The zero-order chi connectivity index (χ0) is 18.7. The third-order valence-corrected chi connectivity index (χ3v) is 5.01. The predicted molar refractivity (Wildman–Crippen MR) is 101 cm³/mol. The van der Waals surface area contributed by atoms with E-state index in [4.69, 9.17) is 5.11 Å². The van der Waals surface area contributed by atoms with Crippen LogP contribution in [0.3, 0.4) is 0 Å². The van der Waals surface area contributed by atoms with Crippen molar-refractivity contribution in [3.8, 4) is 0 Å². The Balaban J connectivity index is 2.36. The highest BCUT2D eigenvalue weighted by atomic mass is 16.5. The normalized spacial score (nSPS) is 21.6. The van der Waals surface area contributed by atoms with Crippen molar-refractivity contribution in [3.63, 3.8) is 0 Å². The lowest BCUT2D eigenvalue weighted by molar-refractivity contribution is -0.205. The first-order valence-electron chi connectivity index (χ1n) is 9.56. The quantitative estimate of drug-likeness (QED) is 0.273. The lowest BCUT2D eigenvalue weighted by atomic mass is 9.90. The van der Waals surface area contributed by atoms with Gasteiger partial charge in [0.05, 0.1) is 0 Å². The van der Waals surface area contributed by atoms with Crippen molar-refractivity contribution in [3.05, 3.63) is 36.5 Å². The first kappa shape index (κ1) is 21.7. The Labute approximate surface area is 152 Å². The zero-order valence-corrected chi connectivity index (χ0v) is 15.5. The molecule has 0 aromatic rings. The number of aliphatic carboxylic acids is 1. The average molecular weight is 350 g/mol. The smallest absolute Gasteiger partial charge is 0.364 e. The van der Waals surface area contributed by atoms with E-state index in [9.17, 15) is 15.0 Å². The van der Waals surface area contributed by atoms with Crippen LogP contribution in [0.1, 0.15) is 71.1 Å². The Morgan fingerprint density at radius 1 is 1.20 bits per heavy atom. The van der Waals surface area contributed by atoms with Gasteiger partial charge in [-0.1, -0.05) is 62.6 Å². The molecule has 0 heterocycles. The van der Waals surface area contributed by atoms with E-state index >= 15 is 0 Å². The molecule has 25 heavy (non-hydrogen) atoms. The third-order valence-electron chi connectivity index (χ3n) is 5.01. The van der Waals surface area contributed by atoms with Gasteiger partial charge in [-0.3, -0.25) is 0 Å². The van der Waals surface area contributed by atoms with Gasteiger partial charge in [-0.2, -0.15) is 0 Å². The van der Waals surface area contributed by atoms with Gasteiger partial charge in [-0.25, -0.2) is 4.79 Å². The number of hydrogen-bond donors (Lipinski definition) is 3. The minimum absolute atomic E-state index is 0.203. The number of unbranched alkanes of at least 4 members (excludes halogenated alkanes) is 4. The second kappa shape index (κ2) is 11.3. The predicted octanol–water partition coefficient (Wildman–Crippen LogP) is 4.59. The molecule has 1 fully saturated rings. The first-order chi connectivity index (χ1) is 11.9. The van der Waals surface area contributed by atoms with Crippen LogP contribution in [0.25, 0.3) is 0 Å². The van der Waals surface area contributed by atoms with Crippen LogP contribution in [0.2, 0.25) is 0 Å². The van der Waals surface area contributed by atoms with Crippen LogP contribution in [0, 0.1) is 11.8 Å². The summed E-state index contributed by atoms with van der Waals surface area (Å²) in [5.74, 6) is -3.26. The van der Waals surface area contributed by atoms with Crippen molar-refractivity contribution < 1.29 is 20.1 Å². The van der Waals surface area contributed by atoms with Gasteiger partial charge in [0.25, 0.3) is 5.79 Å². The second-order valence-corrected chi connectivity index (χ2v) is 7.11. The molecule has 142 valence electrons. The standard InChI is InChI=1S/C21H34O4/c1-3-4-5-6-7-9-12-18-15-14-17(2)19(18)13-10-8-11-16-21(24,25)20(22)23/h8-10,12,18-19,24-25H,2-7,11,13-16H2,1H3,(H,22,23)/t18-,19-/m0/s1. The molecule has 1 rings (SSSR count). The van der Waals surface area contributed by atoms with Crippen LogP contribution in [-0.4, -0.2) is 27.1 Å². The molecule has 0 aromatic heterocycles. The fourth-order valence-corrected chi connectivity index (χ4v) is 3.33. The van der Waals surface area contributed by atoms with Crippen molar-refractivity contribution in [2.24, 2.45) is 11.8 Å². The minimum atomic E-state index is -2.63. The lowest BCUT2D eigenvalue weighted by Gasteiger charge is -2.16. The third kappa shape index (κ3) is 8.02. The molecule has 0 unspecified atom stereocenters. The molecule has 0 saturated heterocycles. The number of aliphatic hydroxyl groups is 2. The summed E-state index contributed by atoms with van der Waals surface area (Å²) >= 11 is 0. The number of carboxylic acid groups (broad SMARTS) is 1. The minimum Gasteiger partial charge on any atom is -0.477 e. The monoisotopic (exact) mass is 350 g/mol. The molecule has 4 nitrogen and oxygen atoms in total. The second-order valence-electron chi connectivity index (χ2n) is 7.11. The zero-order valence-electron chi connectivity index (χ0n) is 15.5. The van der Waals surface area contributed by atoms with Crippen LogP contribution in [0.15, 0.2) is 36.5 Å². The number of rotatable bonds is 12. The summed E-state index contributed by atoms with van der Waals surface area (Å²) in [5.41, 5.74) is 1.29. The Hall–Kier alpha value is -1.39. The van der Waals surface area contributed by atoms with Crippen LogP contribution < -0.4 is 0 Å². The summed E-state index contributed by atoms with van der Waals surface area (Å²) in [6, 6.07) is 0. The molecular weight excluding hydrogens is 316 g/mol. The summed E-state index contributed by atoms with van der Waals surface area (Å²) in [6.07, 6.45) is 18.0. The summed E-state index contributed by atoms with van der Waals surface area (Å²) in [4.78, 5) is 10.6. The molecule has 0 aliphatic heterocycles. The van der Waals surface area contributed by atoms with E-state index in [1.54, 1.807) is 0 Å². The van der Waals surface area contributed by atoms with Crippen LogP contribution in [0.4, 0.5) is 0 Å². The maximum atomic E-state index is 10.6. The molecule has 0 aromatic carbocycles. The first-order valence-corrected chi connectivity index (χ1v) is 9.56. The van der Waals surface area contributed by atoms with Crippen LogP contribution >= 0.6 is 0 Å². The molecule has 0 radical (unpaired) electrons. The highest BCUT2D eigenvalue weighted by Gasteiger charge is 2.31. The highest BCUT2D eigenvalue weighted by Crippen LogP contribution is 2.39. The maximum Gasteiger partial charge on any atom is 0.364 e. The van der Waals surface area contributed by atoms with Crippen LogP contribution in [-0.2, 0) is 4.79 Å². The van der Waals surface area contributed by atoms with Gasteiger partial charge in [0.2, 0.25) is 0 Å². The van der Waals surface area contributed by atoms with Gasteiger partial charge >= 0.3 is 5.97 Å². The molecule has 3 N–H and O–H groups in total. The van der Waals surface area contributed by atoms with Gasteiger partial charge in [-0.15, -0.1) is 0 Å². The average Bonchev–Trinajstić information content (AvgIpc) is 2.90. The fourth-order valence-electron chi connectivity index (χ4n) is 3.33. The van der Waals surface area contributed by atoms with Crippen molar-refractivity contribution in [2.75, 3.05) is 0 Å². The van der Waals surface area contributed by atoms with E-state index in [-0.39, 0.29) is 6.42 Å². The molecule has 0 amide bonds. The van der Waals surface area contributed by atoms with E-state index in [2.05, 4.69) is 25.7 Å². The topological polar surface area (TPSA) is 77.8 Å². The Morgan fingerprint density at radius 3 is 2.64 bits per heavy atom. The van der Waals surface area contributed by atoms with E-state index < -0.39 is 11.8 Å². The van der Waals surface area contributed by atoms with Gasteiger partial charge < -0.3 is 15.3 Å². The van der Waals surface area contributed by atoms with Crippen LogP contribution in [0.5, 0.6) is 0 Å². The highest BCUT2D eigenvalue weighted by molar-refractivity contribution is 5.74. The largest absolute Gasteiger partial charge is 0.477 e. The number of allylic oxidation sites excluding steroid dienone is 5. The molecule has 2 atom stereocenters. The fraction of sp³-hybridized carbons (Fsp3) is 0.667. The van der Waals surface area contributed by atoms with Crippen molar-refractivity contribution in [2.45, 2.75) is 76.9 Å². The molecule has 0 spiro atoms. The Bertz CT molecular complexity index is 476. The van der Waals surface area contributed by atoms with Crippen molar-refractivity contribution in [1.82, 2.24) is 0 Å². The number of hydrogen-bond acceptors (Lipinski definition) is 3. The van der Waals surface area contributed by atoms with Crippen molar-refractivity contribution >= 4 is 5.97 Å².